The number of halogens is 1. The van der Waals surface area contributed by atoms with Crippen molar-refractivity contribution in [3.63, 3.8) is 0 Å². The molecule has 0 heterocycles. The van der Waals surface area contributed by atoms with E-state index in [4.69, 9.17) is 9.47 Å². The second-order valence-corrected chi connectivity index (χ2v) is 5.15. The van der Waals surface area contributed by atoms with Gasteiger partial charge in [0.1, 0.15) is 5.75 Å². The summed E-state index contributed by atoms with van der Waals surface area (Å²) in [5, 5.41) is 3.49. The summed E-state index contributed by atoms with van der Waals surface area (Å²) in [6.45, 7) is 2.84. The lowest BCUT2D eigenvalue weighted by Crippen LogP contribution is -2.40. The SMILES string of the molecule is CCOC1CC(Nc2cc(Br)ccc2OC)C1. The minimum Gasteiger partial charge on any atom is -0.495 e. The Bertz CT molecular complexity index is 378. The third kappa shape index (κ3) is 3.13. The van der Waals surface area contributed by atoms with Gasteiger partial charge in [0.25, 0.3) is 0 Å². The van der Waals surface area contributed by atoms with Gasteiger partial charge in [-0.25, -0.2) is 0 Å². The van der Waals surface area contributed by atoms with Crippen LogP contribution in [0.15, 0.2) is 22.7 Å². The van der Waals surface area contributed by atoms with E-state index in [1.54, 1.807) is 7.11 Å². The van der Waals surface area contributed by atoms with Crippen molar-refractivity contribution in [1.82, 2.24) is 0 Å². The Morgan fingerprint density at radius 3 is 2.82 bits per heavy atom. The molecule has 0 spiro atoms. The minimum atomic E-state index is 0.427. The van der Waals surface area contributed by atoms with Crippen molar-refractivity contribution in [3.8, 4) is 5.75 Å². The summed E-state index contributed by atoms with van der Waals surface area (Å²) in [7, 11) is 1.69. The van der Waals surface area contributed by atoms with E-state index in [9.17, 15) is 0 Å². The zero-order valence-electron chi connectivity index (χ0n) is 10.2. The largest absolute Gasteiger partial charge is 0.495 e. The smallest absolute Gasteiger partial charge is 0.142 e. The molecule has 0 unspecified atom stereocenters. The van der Waals surface area contributed by atoms with Crippen molar-refractivity contribution in [1.29, 1.82) is 0 Å². The van der Waals surface area contributed by atoms with Gasteiger partial charge in [0, 0.05) is 17.1 Å². The summed E-state index contributed by atoms with van der Waals surface area (Å²) in [5.41, 5.74) is 1.04. The Morgan fingerprint density at radius 1 is 1.41 bits per heavy atom. The van der Waals surface area contributed by atoms with Crippen molar-refractivity contribution in [2.45, 2.75) is 31.9 Å². The van der Waals surface area contributed by atoms with E-state index in [2.05, 4.69) is 21.2 Å². The maximum Gasteiger partial charge on any atom is 0.142 e. The zero-order valence-corrected chi connectivity index (χ0v) is 11.8. The van der Waals surface area contributed by atoms with Crippen LogP contribution in [0.25, 0.3) is 0 Å². The lowest BCUT2D eigenvalue weighted by atomic mass is 9.89. The van der Waals surface area contributed by atoms with Crippen LogP contribution in [0.4, 0.5) is 5.69 Å². The molecule has 1 aliphatic carbocycles. The van der Waals surface area contributed by atoms with Gasteiger partial charge in [-0.1, -0.05) is 15.9 Å². The van der Waals surface area contributed by atoms with Gasteiger partial charge in [-0.15, -0.1) is 0 Å². The molecule has 1 aromatic carbocycles. The highest BCUT2D eigenvalue weighted by Crippen LogP contribution is 2.33. The fraction of sp³-hybridized carbons (Fsp3) is 0.538. The van der Waals surface area contributed by atoms with Crippen LogP contribution in [0.2, 0.25) is 0 Å². The summed E-state index contributed by atoms with van der Waals surface area (Å²) in [6.07, 6.45) is 2.57. The Morgan fingerprint density at radius 2 is 2.18 bits per heavy atom. The molecule has 1 aromatic rings. The van der Waals surface area contributed by atoms with E-state index in [0.29, 0.717) is 12.1 Å². The third-order valence-electron chi connectivity index (χ3n) is 3.02. The molecule has 0 amide bonds. The number of benzene rings is 1. The van der Waals surface area contributed by atoms with Crippen LogP contribution < -0.4 is 10.1 Å². The van der Waals surface area contributed by atoms with E-state index >= 15 is 0 Å². The number of ether oxygens (including phenoxy) is 2. The van der Waals surface area contributed by atoms with Gasteiger partial charge in [-0.05, 0) is 38.0 Å². The van der Waals surface area contributed by atoms with E-state index in [0.717, 1.165) is 35.4 Å². The highest BCUT2D eigenvalue weighted by molar-refractivity contribution is 9.10. The Kier molecular flexibility index (Phi) is 4.29. The summed E-state index contributed by atoms with van der Waals surface area (Å²) >= 11 is 3.47. The van der Waals surface area contributed by atoms with Gasteiger partial charge in [0.2, 0.25) is 0 Å². The molecule has 94 valence electrons. The first-order chi connectivity index (χ1) is 8.22. The van der Waals surface area contributed by atoms with E-state index < -0.39 is 0 Å². The molecule has 3 nitrogen and oxygen atoms in total. The lowest BCUT2D eigenvalue weighted by molar-refractivity contribution is 0.00295. The standard InChI is InChI=1S/C13H18BrNO2/c1-3-17-11-7-10(8-11)15-12-6-9(14)4-5-13(12)16-2/h4-6,10-11,15H,3,7-8H2,1-2H3. The average Bonchev–Trinajstić information content (AvgIpc) is 2.26. The molecular formula is C13H18BrNO2. The molecule has 1 saturated carbocycles. The van der Waals surface area contributed by atoms with Gasteiger partial charge in [-0.3, -0.25) is 0 Å². The lowest BCUT2D eigenvalue weighted by Gasteiger charge is -2.36. The quantitative estimate of drug-likeness (QED) is 0.903. The predicted molar refractivity (Wildman–Crippen MR) is 72.8 cm³/mol. The molecule has 2 rings (SSSR count). The van der Waals surface area contributed by atoms with E-state index in [1.807, 2.05) is 25.1 Å². The maximum atomic E-state index is 5.55. The second kappa shape index (κ2) is 5.74. The van der Waals surface area contributed by atoms with Gasteiger partial charge in [0.05, 0.1) is 18.9 Å². The molecule has 0 bridgehead atoms. The molecule has 0 saturated heterocycles. The summed E-state index contributed by atoms with van der Waals surface area (Å²) in [5.74, 6) is 0.882. The number of hydrogen-bond acceptors (Lipinski definition) is 3. The maximum absolute atomic E-state index is 5.55. The van der Waals surface area contributed by atoms with Crippen LogP contribution in [0.1, 0.15) is 19.8 Å². The molecule has 0 aromatic heterocycles. The second-order valence-electron chi connectivity index (χ2n) is 4.23. The predicted octanol–water partition coefficient (Wildman–Crippen LogP) is 3.44. The number of anilines is 1. The normalized spacial score (nSPS) is 23.0. The van der Waals surface area contributed by atoms with Crippen molar-refractivity contribution in [2.24, 2.45) is 0 Å². The van der Waals surface area contributed by atoms with Crippen molar-refractivity contribution < 1.29 is 9.47 Å². The van der Waals surface area contributed by atoms with Crippen LogP contribution in [0, 0.1) is 0 Å². The fourth-order valence-electron chi connectivity index (χ4n) is 2.07. The molecule has 1 aliphatic rings. The average molecular weight is 300 g/mol. The Hall–Kier alpha value is -0.740. The molecule has 0 aliphatic heterocycles. The van der Waals surface area contributed by atoms with Crippen LogP contribution in [-0.2, 0) is 4.74 Å². The van der Waals surface area contributed by atoms with Crippen LogP contribution in [0.5, 0.6) is 5.75 Å². The summed E-state index contributed by atoms with van der Waals surface area (Å²) in [6, 6.07) is 6.49. The topological polar surface area (TPSA) is 30.5 Å². The summed E-state index contributed by atoms with van der Waals surface area (Å²) in [4.78, 5) is 0. The van der Waals surface area contributed by atoms with E-state index in [-0.39, 0.29) is 0 Å². The van der Waals surface area contributed by atoms with Crippen LogP contribution in [0.3, 0.4) is 0 Å². The van der Waals surface area contributed by atoms with Gasteiger partial charge in [-0.2, -0.15) is 0 Å². The Labute approximate surface area is 111 Å². The Balaban J connectivity index is 1.93. The van der Waals surface area contributed by atoms with E-state index in [1.165, 1.54) is 0 Å². The number of methoxy groups -OCH3 is 1. The van der Waals surface area contributed by atoms with Crippen molar-refractivity contribution in [3.05, 3.63) is 22.7 Å². The number of rotatable bonds is 5. The number of nitrogens with one attached hydrogen (secondary N) is 1. The number of hydrogen-bond donors (Lipinski definition) is 1. The molecule has 1 N–H and O–H groups in total. The monoisotopic (exact) mass is 299 g/mol. The van der Waals surface area contributed by atoms with Crippen molar-refractivity contribution >= 4 is 21.6 Å². The highest BCUT2D eigenvalue weighted by Gasteiger charge is 2.29. The van der Waals surface area contributed by atoms with Gasteiger partial charge >= 0.3 is 0 Å². The van der Waals surface area contributed by atoms with Gasteiger partial charge < -0.3 is 14.8 Å². The molecule has 4 heteroatoms. The highest BCUT2D eigenvalue weighted by atomic mass is 79.9. The first kappa shape index (κ1) is 12.7. The zero-order chi connectivity index (χ0) is 12.3. The molecule has 0 radical (unpaired) electrons. The van der Waals surface area contributed by atoms with Crippen molar-refractivity contribution in [2.75, 3.05) is 19.0 Å². The third-order valence-corrected chi connectivity index (χ3v) is 3.51. The van der Waals surface area contributed by atoms with Crippen LogP contribution in [-0.4, -0.2) is 25.9 Å². The van der Waals surface area contributed by atoms with Crippen LogP contribution >= 0.6 is 15.9 Å². The molecular weight excluding hydrogens is 282 g/mol. The molecule has 17 heavy (non-hydrogen) atoms. The summed E-state index contributed by atoms with van der Waals surface area (Å²) < 4.78 is 11.9. The molecule has 0 atom stereocenters. The first-order valence-corrected chi connectivity index (χ1v) is 6.74. The first-order valence-electron chi connectivity index (χ1n) is 5.94. The fourth-order valence-corrected chi connectivity index (χ4v) is 2.43. The minimum absolute atomic E-state index is 0.427. The molecule has 1 fully saturated rings. The van der Waals surface area contributed by atoms with Gasteiger partial charge in [0.15, 0.2) is 0 Å².